The Hall–Kier alpha value is -2.45. The van der Waals surface area contributed by atoms with Crippen LogP contribution in [0, 0.1) is 0 Å². The van der Waals surface area contributed by atoms with Crippen LogP contribution in [0.15, 0.2) is 29.2 Å². The van der Waals surface area contributed by atoms with Crippen LogP contribution in [0.2, 0.25) is 0 Å². The first kappa shape index (κ1) is 15.1. The first-order valence-corrected chi connectivity index (χ1v) is 8.06. The third-order valence-electron chi connectivity index (χ3n) is 4.25. The summed E-state index contributed by atoms with van der Waals surface area (Å²) >= 11 is 0. The van der Waals surface area contributed by atoms with E-state index in [0.29, 0.717) is 6.54 Å². The summed E-state index contributed by atoms with van der Waals surface area (Å²) in [6, 6.07) is 1.97. The van der Waals surface area contributed by atoms with Crippen molar-refractivity contribution in [2.45, 2.75) is 26.2 Å². The van der Waals surface area contributed by atoms with Crippen LogP contribution in [-0.4, -0.2) is 43.2 Å². The molecule has 0 saturated heterocycles. The molecule has 0 saturated carbocycles. The lowest BCUT2D eigenvalue weighted by molar-refractivity contribution is 0.266. The summed E-state index contributed by atoms with van der Waals surface area (Å²) in [5.41, 5.74) is 4.32. The molecule has 0 bridgehead atoms. The summed E-state index contributed by atoms with van der Waals surface area (Å²) in [4.78, 5) is 2.21. The summed E-state index contributed by atoms with van der Waals surface area (Å²) in [5.74, 6) is 0.843. The van der Waals surface area contributed by atoms with E-state index in [0.717, 1.165) is 43.2 Å². The Balaban J connectivity index is 1.42. The minimum absolute atomic E-state index is 0.700. The Morgan fingerprint density at radius 1 is 1.29 bits per heavy atom. The zero-order valence-corrected chi connectivity index (χ0v) is 13.9. The van der Waals surface area contributed by atoms with E-state index in [4.69, 9.17) is 4.52 Å². The van der Waals surface area contributed by atoms with E-state index in [1.165, 1.54) is 11.3 Å². The minimum atomic E-state index is 0.700. The van der Waals surface area contributed by atoms with Gasteiger partial charge in [-0.05, 0) is 7.05 Å². The van der Waals surface area contributed by atoms with Crippen LogP contribution in [-0.2, 0) is 33.2 Å². The maximum absolute atomic E-state index is 5.47. The van der Waals surface area contributed by atoms with Crippen molar-refractivity contribution in [3.8, 4) is 11.3 Å². The third-order valence-corrected chi connectivity index (χ3v) is 4.25. The molecule has 0 aromatic carbocycles. The number of aryl methyl sites for hydroxylation is 1. The van der Waals surface area contributed by atoms with Crippen LogP contribution in [0.5, 0.6) is 0 Å². The number of hydrogen-bond acceptors (Lipinski definition) is 6. The molecule has 0 aliphatic carbocycles. The van der Waals surface area contributed by atoms with Gasteiger partial charge in [-0.15, -0.1) is 0 Å². The van der Waals surface area contributed by atoms with Crippen molar-refractivity contribution in [3.05, 3.63) is 41.7 Å². The quantitative estimate of drug-likeness (QED) is 0.753. The SMILES string of the molecule is CN(Cc1cc(-c2cnn(C)c2)no1)Cc1cnn2c1CNCC2. The normalized spacial score (nSPS) is 14.3. The third kappa shape index (κ3) is 2.98. The van der Waals surface area contributed by atoms with Crippen LogP contribution in [0.1, 0.15) is 17.0 Å². The van der Waals surface area contributed by atoms with Crippen LogP contribution in [0.3, 0.4) is 0 Å². The second-order valence-corrected chi connectivity index (χ2v) is 6.27. The van der Waals surface area contributed by atoms with E-state index in [1.54, 1.807) is 10.9 Å². The van der Waals surface area contributed by atoms with Crippen molar-refractivity contribution >= 4 is 0 Å². The summed E-state index contributed by atoms with van der Waals surface area (Å²) in [6.07, 6.45) is 5.69. The van der Waals surface area contributed by atoms with Gasteiger partial charge in [-0.25, -0.2) is 0 Å². The van der Waals surface area contributed by atoms with Gasteiger partial charge in [0.1, 0.15) is 5.69 Å². The lowest BCUT2D eigenvalue weighted by Gasteiger charge is -2.19. The molecule has 0 atom stereocenters. The van der Waals surface area contributed by atoms with Gasteiger partial charge in [-0.2, -0.15) is 10.2 Å². The van der Waals surface area contributed by atoms with Crippen molar-refractivity contribution in [2.24, 2.45) is 7.05 Å². The Morgan fingerprint density at radius 3 is 3.04 bits per heavy atom. The molecule has 1 aliphatic heterocycles. The van der Waals surface area contributed by atoms with Crippen molar-refractivity contribution < 1.29 is 4.52 Å². The molecule has 0 spiro atoms. The molecule has 126 valence electrons. The Bertz CT molecular complexity index is 831. The molecule has 8 nitrogen and oxygen atoms in total. The largest absolute Gasteiger partial charge is 0.359 e. The van der Waals surface area contributed by atoms with Crippen LogP contribution >= 0.6 is 0 Å². The van der Waals surface area contributed by atoms with E-state index >= 15 is 0 Å². The van der Waals surface area contributed by atoms with Crippen molar-refractivity contribution in [3.63, 3.8) is 0 Å². The van der Waals surface area contributed by atoms with Gasteiger partial charge in [-0.3, -0.25) is 14.3 Å². The Morgan fingerprint density at radius 2 is 2.21 bits per heavy atom. The van der Waals surface area contributed by atoms with Gasteiger partial charge in [0.25, 0.3) is 0 Å². The molecule has 4 rings (SSSR count). The van der Waals surface area contributed by atoms with Gasteiger partial charge in [0.2, 0.25) is 0 Å². The van der Waals surface area contributed by atoms with E-state index in [2.05, 4.69) is 37.3 Å². The highest BCUT2D eigenvalue weighted by Crippen LogP contribution is 2.20. The predicted molar refractivity (Wildman–Crippen MR) is 87.8 cm³/mol. The smallest absolute Gasteiger partial charge is 0.151 e. The number of nitrogens with zero attached hydrogens (tertiary/aromatic N) is 6. The fraction of sp³-hybridized carbons (Fsp3) is 0.438. The predicted octanol–water partition coefficient (Wildman–Crippen LogP) is 1.01. The topological polar surface area (TPSA) is 76.9 Å². The first-order chi connectivity index (χ1) is 11.7. The molecule has 0 radical (unpaired) electrons. The molecule has 4 heterocycles. The van der Waals surface area contributed by atoms with E-state index < -0.39 is 0 Å². The van der Waals surface area contributed by atoms with Crippen LogP contribution in [0.4, 0.5) is 0 Å². The maximum Gasteiger partial charge on any atom is 0.151 e. The fourth-order valence-electron chi connectivity index (χ4n) is 3.06. The lowest BCUT2D eigenvalue weighted by atomic mass is 10.2. The molecule has 3 aromatic rings. The average Bonchev–Trinajstić information content (AvgIpc) is 3.28. The highest BCUT2D eigenvalue weighted by molar-refractivity contribution is 5.56. The molecular formula is C16H21N7O. The molecule has 1 N–H and O–H groups in total. The van der Waals surface area contributed by atoms with Gasteiger partial charge in [0.05, 0.1) is 31.2 Å². The summed E-state index contributed by atoms with van der Waals surface area (Å²) in [6.45, 7) is 4.34. The Kier molecular flexibility index (Phi) is 3.91. The monoisotopic (exact) mass is 327 g/mol. The number of nitrogens with one attached hydrogen (secondary N) is 1. The van der Waals surface area contributed by atoms with Gasteiger partial charge >= 0.3 is 0 Å². The maximum atomic E-state index is 5.47. The van der Waals surface area contributed by atoms with Crippen LogP contribution < -0.4 is 5.32 Å². The molecular weight excluding hydrogens is 306 g/mol. The standard InChI is InChI=1S/C16H21N7O/c1-21(9-13-7-19-23-4-3-17-8-16(13)23)11-14-5-15(20-24-14)12-6-18-22(2)10-12/h5-7,10,17H,3-4,8-9,11H2,1-2H3. The zero-order valence-electron chi connectivity index (χ0n) is 13.9. The van der Waals surface area contributed by atoms with Gasteiger partial charge in [-0.1, -0.05) is 5.16 Å². The second kappa shape index (κ2) is 6.21. The number of aromatic nitrogens is 5. The number of fused-ring (bicyclic) bond motifs is 1. The molecule has 0 fully saturated rings. The van der Waals surface area contributed by atoms with Crippen LogP contribution in [0.25, 0.3) is 11.3 Å². The highest BCUT2D eigenvalue weighted by atomic mass is 16.5. The fourth-order valence-corrected chi connectivity index (χ4v) is 3.06. The minimum Gasteiger partial charge on any atom is -0.359 e. The molecule has 3 aromatic heterocycles. The number of hydrogen-bond donors (Lipinski definition) is 1. The molecule has 24 heavy (non-hydrogen) atoms. The van der Waals surface area contributed by atoms with E-state index in [-0.39, 0.29) is 0 Å². The Labute approximate surface area is 140 Å². The lowest BCUT2D eigenvalue weighted by Crippen LogP contribution is -2.29. The first-order valence-electron chi connectivity index (χ1n) is 8.06. The van der Waals surface area contributed by atoms with Crippen molar-refractivity contribution in [1.29, 1.82) is 0 Å². The molecule has 0 amide bonds. The van der Waals surface area contributed by atoms with Gasteiger partial charge in [0.15, 0.2) is 5.76 Å². The second-order valence-electron chi connectivity index (χ2n) is 6.27. The van der Waals surface area contributed by atoms with Gasteiger partial charge in [0, 0.05) is 50.1 Å². The van der Waals surface area contributed by atoms with E-state index in [1.807, 2.05) is 25.5 Å². The number of rotatable bonds is 5. The van der Waals surface area contributed by atoms with Crippen molar-refractivity contribution in [2.75, 3.05) is 13.6 Å². The summed E-state index contributed by atoms with van der Waals surface area (Å²) in [5, 5.41) is 16.2. The summed E-state index contributed by atoms with van der Waals surface area (Å²) in [7, 11) is 3.96. The molecule has 1 aliphatic rings. The van der Waals surface area contributed by atoms with Crippen molar-refractivity contribution in [1.82, 2.24) is 34.9 Å². The van der Waals surface area contributed by atoms with Gasteiger partial charge < -0.3 is 9.84 Å². The summed E-state index contributed by atoms with van der Waals surface area (Å²) < 4.78 is 9.32. The highest BCUT2D eigenvalue weighted by Gasteiger charge is 2.16. The molecule has 8 heteroatoms. The zero-order chi connectivity index (χ0) is 16.5. The van der Waals surface area contributed by atoms with E-state index in [9.17, 15) is 0 Å². The molecule has 0 unspecified atom stereocenters. The average molecular weight is 327 g/mol.